The molecule has 0 saturated heterocycles. The molecule has 21 heavy (non-hydrogen) atoms. The number of hydrogen-bond acceptors (Lipinski definition) is 3. The zero-order chi connectivity index (χ0) is 15.5. The summed E-state index contributed by atoms with van der Waals surface area (Å²) in [4.78, 5) is 19.3. The fraction of sp³-hybridized carbons (Fsp3) is 0.214. The molecule has 1 heterocycles. The standard InChI is InChI=1S/C14H12F3N3O/c1-9-10(3-2-4-11(9)14(15,16)17)7-20-13(21)12-8-18-5-6-19-12/h2-6,8H,7H2,1H3,(H,20,21). The number of rotatable bonds is 3. The topological polar surface area (TPSA) is 54.9 Å². The Hall–Kier alpha value is -2.44. The lowest BCUT2D eigenvalue weighted by Gasteiger charge is -2.14. The molecule has 7 heteroatoms. The molecular weight excluding hydrogens is 283 g/mol. The third kappa shape index (κ3) is 3.56. The molecule has 1 amide bonds. The second-order valence-electron chi connectivity index (χ2n) is 4.36. The molecule has 0 radical (unpaired) electrons. The first kappa shape index (κ1) is 15.0. The van der Waals surface area contributed by atoms with E-state index >= 15 is 0 Å². The van der Waals surface area contributed by atoms with Crippen molar-refractivity contribution in [1.82, 2.24) is 15.3 Å². The Labute approximate surface area is 119 Å². The molecule has 110 valence electrons. The van der Waals surface area contributed by atoms with Gasteiger partial charge in [0.2, 0.25) is 0 Å². The normalized spacial score (nSPS) is 11.2. The zero-order valence-corrected chi connectivity index (χ0v) is 11.1. The molecule has 0 aliphatic rings. The van der Waals surface area contributed by atoms with E-state index in [1.54, 1.807) is 6.07 Å². The lowest BCUT2D eigenvalue weighted by Crippen LogP contribution is -2.24. The Kier molecular flexibility index (Phi) is 4.21. The quantitative estimate of drug-likeness (QED) is 0.947. The summed E-state index contributed by atoms with van der Waals surface area (Å²) >= 11 is 0. The summed E-state index contributed by atoms with van der Waals surface area (Å²) in [7, 11) is 0. The first-order valence-corrected chi connectivity index (χ1v) is 6.09. The molecule has 0 bridgehead atoms. The highest BCUT2D eigenvalue weighted by Gasteiger charge is 2.32. The van der Waals surface area contributed by atoms with Crippen LogP contribution in [0.2, 0.25) is 0 Å². The van der Waals surface area contributed by atoms with Crippen molar-refractivity contribution in [2.24, 2.45) is 0 Å². The summed E-state index contributed by atoms with van der Waals surface area (Å²) < 4.78 is 38.4. The number of carbonyl (C=O) groups excluding carboxylic acids is 1. The van der Waals surface area contributed by atoms with Crippen LogP contribution in [0.1, 0.15) is 27.2 Å². The molecule has 1 aromatic heterocycles. The summed E-state index contributed by atoms with van der Waals surface area (Å²) in [6, 6.07) is 3.88. The molecule has 0 spiro atoms. The van der Waals surface area contributed by atoms with Crippen molar-refractivity contribution in [2.45, 2.75) is 19.6 Å². The van der Waals surface area contributed by atoms with Crippen LogP contribution in [-0.4, -0.2) is 15.9 Å². The van der Waals surface area contributed by atoms with Gasteiger partial charge >= 0.3 is 6.18 Å². The Morgan fingerprint density at radius 3 is 2.67 bits per heavy atom. The minimum Gasteiger partial charge on any atom is -0.347 e. The van der Waals surface area contributed by atoms with E-state index < -0.39 is 17.6 Å². The number of halogens is 3. The van der Waals surface area contributed by atoms with Gasteiger partial charge in [0.05, 0.1) is 11.8 Å². The van der Waals surface area contributed by atoms with Crippen LogP contribution in [0.25, 0.3) is 0 Å². The summed E-state index contributed by atoms with van der Waals surface area (Å²) in [5, 5.41) is 2.53. The van der Waals surface area contributed by atoms with E-state index in [1.165, 1.54) is 31.6 Å². The summed E-state index contributed by atoms with van der Waals surface area (Å²) in [5.74, 6) is -0.486. The number of alkyl halides is 3. The molecule has 4 nitrogen and oxygen atoms in total. The largest absolute Gasteiger partial charge is 0.416 e. The fourth-order valence-electron chi connectivity index (χ4n) is 1.86. The average Bonchev–Trinajstić information content (AvgIpc) is 2.45. The highest BCUT2D eigenvalue weighted by atomic mass is 19.4. The monoisotopic (exact) mass is 295 g/mol. The van der Waals surface area contributed by atoms with Gasteiger partial charge in [-0.2, -0.15) is 13.2 Å². The first-order chi connectivity index (χ1) is 9.89. The SMILES string of the molecule is Cc1c(CNC(=O)c2cnccn2)cccc1C(F)(F)F. The van der Waals surface area contributed by atoms with E-state index in [9.17, 15) is 18.0 Å². The van der Waals surface area contributed by atoms with Crippen molar-refractivity contribution in [3.05, 3.63) is 59.2 Å². The van der Waals surface area contributed by atoms with Crippen LogP contribution in [0.15, 0.2) is 36.8 Å². The van der Waals surface area contributed by atoms with Gasteiger partial charge in [-0.1, -0.05) is 12.1 Å². The fourth-order valence-corrected chi connectivity index (χ4v) is 1.86. The van der Waals surface area contributed by atoms with Crippen molar-refractivity contribution in [2.75, 3.05) is 0 Å². The van der Waals surface area contributed by atoms with Gasteiger partial charge in [0.1, 0.15) is 5.69 Å². The third-order valence-corrected chi connectivity index (χ3v) is 2.99. The molecule has 0 saturated carbocycles. The Morgan fingerprint density at radius 1 is 1.29 bits per heavy atom. The van der Waals surface area contributed by atoms with Crippen LogP contribution in [0.5, 0.6) is 0 Å². The van der Waals surface area contributed by atoms with Gasteiger partial charge in [-0.3, -0.25) is 9.78 Å². The zero-order valence-electron chi connectivity index (χ0n) is 11.1. The third-order valence-electron chi connectivity index (χ3n) is 2.99. The van der Waals surface area contributed by atoms with Gasteiger partial charge in [-0.05, 0) is 24.1 Å². The van der Waals surface area contributed by atoms with Crippen LogP contribution in [0, 0.1) is 6.92 Å². The molecule has 0 unspecified atom stereocenters. The lowest BCUT2D eigenvalue weighted by molar-refractivity contribution is -0.138. The highest BCUT2D eigenvalue weighted by molar-refractivity contribution is 5.91. The minimum absolute atomic E-state index is 0.00877. The Bertz CT molecular complexity index is 642. The van der Waals surface area contributed by atoms with Gasteiger partial charge in [0.15, 0.2) is 0 Å². The molecule has 0 aliphatic heterocycles. The van der Waals surface area contributed by atoms with Gasteiger partial charge in [0.25, 0.3) is 5.91 Å². The molecular formula is C14H12F3N3O. The number of nitrogens with one attached hydrogen (secondary N) is 1. The summed E-state index contributed by atoms with van der Waals surface area (Å²) in [6.45, 7) is 1.37. The van der Waals surface area contributed by atoms with Crippen LogP contribution in [0.3, 0.4) is 0 Å². The summed E-state index contributed by atoms with van der Waals surface area (Å²) in [5.41, 5.74) is -0.0811. The van der Waals surface area contributed by atoms with Gasteiger partial charge in [0, 0.05) is 18.9 Å². The number of benzene rings is 1. The van der Waals surface area contributed by atoms with Crippen LogP contribution in [-0.2, 0) is 12.7 Å². The molecule has 1 aromatic carbocycles. The Balaban J connectivity index is 2.13. The van der Waals surface area contributed by atoms with E-state index in [0.717, 1.165) is 6.07 Å². The first-order valence-electron chi connectivity index (χ1n) is 6.09. The molecule has 2 rings (SSSR count). The van der Waals surface area contributed by atoms with Crippen molar-refractivity contribution in [1.29, 1.82) is 0 Å². The van der Waals surface area contributed by atoms with Crippen molar-refractivity contribution in [3.63, 3.8) is 0 Å². The maximum atomic E-state index is 12.8. The number of hydrogen-bond donors (Lipinski definition) is 1. The van der Waals surface area contributed by atoms with Crippen molar-refractivity contribution < 1.29 is 18.0 Å². The van der Waals surface area contributed by atoms with E-state index in [-0.39, 0.29) is 17.8 Å². The van der Waals surface area contributed by atoms with E-state index in [1.807, 2.05) is 0 Å². The number of amides is 1. The molecule has 0 atom stereocenters. The van der Waals surface area contributed by atoms with E-state index in [2.05, 4.69) is 15.3 Å². The Morgan fingerprint density at radius 2 is 2.05 bits per heavy atom. The summed E-state index contributed by atoms with van der Waals surface area (Å²) in [6.07, 6.45) is -0.332. The van der Waals surface area contributed by atoms with Crippen molar-refractivity contribution >= 4 is 5.91 Å². The van der Waals surface area contributed by atoms with Gasteiger partial charge < -0.3 is 5.32 Å². The second kappa shape index (κ2) is 5.90. The maximum Gasteiger partial charge on any atom is 0.416 e. The molecule has 2 aromatic rings. The minimum atomic E-state index is -4.41. The van der Waals surface area contributed by atoms with Crippen LogP contribution >= 0.6 is 0 Å². The van der Waals surface area contributed by atoms with Crippen LogP contribution in [0.4, 0.5) is 13.2 Å². The number of carbonyl (C=O) groups is 1. The second-order valence-corrected chi connectivity index (χ2v) is 4.36. The van der Waals surface area contributed by atoms with Gasteiger partial charge in [-0.15, -0.1) is 0 Å². The maximum absolute atomic E-state index is 12.8. The van der Waals surface area contributed by atoms with Crippen LogP contribution < -0.4 is 5.32 Å². The van der Waals surface area contributed by atoms with Gasteiger partial charge in [-0.25, -0.2) is 4.98 Å². The lowest BCUT2D eigenvalue weighted by atomic mass is 10.0. The molecule has 0 aliphatic carbocycles. The smallest absolute Gasteiger partial charge is 0.347 e. The van der Waals surface area contributed by atoms with E-state index in [4.69, 9.17) is 0 Å². The van der Waals surface area contributed by atoms with E-state index in [0.29, 0.717) is 5.56 Å². The number of aromatic nitrogens is 2. The number of nitrogens with zero attached hydrogens (tertiary/aromatic N) is 2. The highest BCUT2D eigenvalue weighted by Crippen LogP contribution is 2.32. The molecule has 0 fully saturated rings. The molecule has 1 N–H and O–H groups in total. The average molecular weight is 295 g/mol. The predicted molar refractivity (Wildman–Crippen MR) is 69.4 cm³/mol. The predicted octanol–water partition coefficient (Wildman–Crippen LogP) is 2.73. The van der Waals surface area contributed by atoms with Crippen molar-refractivity contribution in [3.8, 4) is 0 Å².